The van der Waals surface area contributed by atoms with E-state index in [1.807, 2.05) is 18.2 Å². The van der Waals surface area contributed by atoms with Crippen molar-refractivity contribution in [1.82, 2.24) is 9.13 Å². The van der Waals surface area contributed by atoms with E-state index in [1.54, 1.807) is 65.0 Å². The van der Waals surface area contributed by atoms with Gasteiger partial charge >= 0.3 is 5.69 Å². The molecule has 0 aliphatic heterocycles. The number of rotatable bonds is 4. The van der Waals surface area contributed by atoms with E-state index >= 15 is 0 Å². The number of carbonyl (C=O) groups is 1. The molecule has 1 aliphatic rings. The molecule has 0 unspecified atom stereocenters. The first-order valence-electron chi connectivity index (χ1n) is 12.4. The highest BCUT2D eigenvalue weighted by Crippen LogP contribution is 2.45. The minimum atomic E-state index is -0.151. The van der Waals surface area contributed by atoms with Gasteiger partial charge in [-0.3, -0.25) is 13.9 Å². The van der Waals surface area contributed by atoms with Gasteiger partial charge in [0, 0.05) is 35.9 Å². The van der Waals surface area contributed by atoms with Gasteiger partial charge in [-0.15, -0.1) is 11.3 Å². The third kappa shape index (κ3) is 4.90. The highest BCUT2D eigenvalue weighted by atomic mass is 35.5. The number of hydrogen-bond donors (Lipinski definition) is 1. The SMILES string of the molecule is Cn1c(=O)n(C)c2cc(C=Nc3sc4c(c3C(=O)Nc3ccc(Cl)cc3)CC[C@@H](C(C)(C)C)C4)ccc21. The highest BCUT2D eigenvalue weighted by molar-refractivity contribution is 7.16. The predicted molar refractivity (Wildman–Crippen MR) is 154 cm³/mol. The molecule has 1 N–H and O–H groups in total. The van der Waals surface area contributed by atoms with E-state index in [9.17, 15) is 9.59 Å². The molecule has 0 saturated carbocycles. The molecule has 37 heavy (non-hydrogen) atoms. The van der Waals surface area contributed by atoms with Crippen LogP contribution in [-0.2, 0) is 26.9 Å². The molecule has 6 nitrogen and oxygen atoms in total. The number of nitrogens with zero attached hydrogens (tertiary/aromatic N) is 3. The number of aromatic nitrogens is 2. The van der Waals surface area contributed by atoms with E-state index in [1.165, 1.54) is 4.88 Å². The van der Waals surface area contributed by atoms with Crippen LogP contribution in [0.25, 0.3) is 11.0 Å². The van der Waals surface area contributed by atoms with Gasteiger partial charge in [0.05, 0.1) is 16.6 Å². The summed E-state index contributed by atoms with van der Waals surface area (Å²) in [6.07, 6.45) is 4.66. The van der Waals surface area contributed by atoms with Gasteiger partial charge in [0.15, 0.2) is 0 Å². The molecule has 0 radical (unpaired) electrons. The lowest BCUT2D eigenvalue weighted by molar-refractivity contribution is 0.102. The van der Waals surface area contributed by atoms with Gasteiger partial charge in [-0.05, 0) is 78.1 Å². The third-order valence-corrected chi connectivity index (χ3v) is 8.84. The minimum Gasteiger partial charge on any atom is -0.322 e. The van der Waals surface area contributed by atoms with Crippen molar-refractivity contribution in [3.63, 3.8) is 0 Å². The first-order valence-corrected chi connectivity index (χ1v) is 13.6. The average Bonchev–Trinajstić information content (AvgIpc) is 3.33. The fourth-order valence-electron chi connectivity index (χ4n) is 5.10. The maximum absolute atomic E-state index is 13.6. The standard InChI is InChI=1S/C29H31ClN4O2S/c1-29(2,3)18-7-12-21-24(15-18)37-27(25(21)26(35)32-20-10-8-19(30)9-11-20)31-16-17-6-13-22-23(14-17)34(5)28(36)33(22)4/h6,8-11,13-14,16,18H,7,12,15H2,1-5H3,(H,32,35)/t18-/m1/s1. The van der Waals surface area contributed by atoms with Crippen molar-refractivity contribution in [3.05, 3.63) is 79.5 Å². The largest absolute Gasteiger partial charge is 0.328 e. The van der Waals surface area contributed by atoms with E-state index < -0.39 is 0 Å². The van der Waals surface area contributed by atoms with Gasteiger partial charge in [0.1, 0.15) is 5.00 Å². The Bertz CT molecular complexity index is 1590. The number of hydrogen-bond acceptors (Lipinski definition) is 4. The molecular weight excluding hydrogens is 504 g/mol. The Labute approximate surface area is 225 Å². The number of aryl methyl sites for hydroxylation is 2. The summed E-state index contributed by atoms with van der Waals surface area (Å²) in [6.45, 7) is 6.86. The lowest BCUT2D eigenvalue weighted by Gasteiger charge is -2.33. The number of carbonyl (C=O) groups excluding carboxylic acids is 1. The molecule has 1 atom stereocenters. The van der Waals surface area contributed by atoms with Crippen molar-refractivity contribution in [1.29, 1.82) is 0 Å². The summed E-state index contributed by atoms with van der Waals surface area (Å²) in [5.74, 6) is 0.409. The van der Waals surface area contributed by atoms with E-state index in [0.717, 1.165) is 41.4 Å². The molecule has 0 spiro atoms. The van der Waals surface area contributed by atoms with Gasteiger partial charge in [-0.1, -0.05) is 38.4 Å². The van der Waals surface area contributed by atoms with Crippen LogP contribution in [0.3, 0.4) is 0 Å². The van der Waals surface area contributed by atoms with Crippen molar-refractivity contribution in [2.45, 2.75) is 40.0 Å². The van der Waals surface area contributed by atoms with Crippen LogP contribution in [0.15, 0.2) is 52.3 Å². The molecule has 4 aromatic rings. The van der Waals surface area contributed by atoms with Crippen molar-refractivity contribution in [3.8, 4) is 0 Å². The van der Waals surface area contributed by atoms with Crippen LogP contribution in [-0.4, -0.2) is 21.3 Å². The first-order chi connectivity index (χ1) is 17.5. The van der Waals surface area contributed by atoms with Gasteiger partial charge in [-0.25, -0.2) is 9.79 Å². The van der Waals surface area contributed by atoms with Crippen molar-refractivity contribution in [2.75, 3.05) is 5.32 Å². The summed E-state index contributed by atoms with van der Waals surface area (Å²) >= 11 is 7.64. The summed E-state index contributed by atoms with van der Waals surface area (Å²) in [7, 11) is 3.54. The van der Waals surface area contributed by atoms with Crippen LogP contribution >= 0.6 is 22.9 Å². The molecular formula is C29H31ClN4O2S. The second-order valence-corrected chi connectivity index (χ2v) is 12.4. The summed E-state index contributed by atoms with van der Waals surface area (Å²) < 4.78 is 3.27. The van der Waals surface area contributed by atoms with E-state index in [2.05, 4.69) is 26.1 Å². The molecule has 2 heterocycles. The Balaban J connectivity index is 1.53. The highest BCUT2D eigenvalue weighted by Gasteiger charge is 2.33. The number of aliphatic imine (C=N–C) groups is 1. The zero-order chi connectivity index (χ0) is 26.5. The maximum atomic E-state index is 13.6. The zero-order valence-electron chi connectivity index (χ0n) is 21.8. The molecule has 1 amide bonds. The molecule has 0 fully saturated rings. The lowest BCUT2D eigenvalue weighted by atomic mass is 9.72. The molecule has 0 saturated heterocycles. The third-order valence-electron chi connectivity index (χ3n) is 7.43. The normalized spacial score (nSPS) is 15.9. The van der Waals surface area contributed by atoms with Crippen LogP contribution in [0.2, 0.25) is 5.02 Å². The number of imidazole rings is 1. The average molecular weight is 535 g/mol. The van der Waals surface area contributed by atoms with Crippen LogP contribution < -0.4 is 11.0 Å². The van der Waals surface area contributed by atoms with Crippen molar-refractivity contribution < 1.29 is 4.79 Å². The number of fused-ring (bicyclic) bond motifs is 2. The maximum Gasteiger partial charge on any atom is 0.328 e. The number of benzene rings is 2. The Morgan fingerprint density at radius 2 is 1.81 bits per heavy atom. The number of halogens is 1. The quantitative estimate of drug-likeness (QED) is 0.294. The molecule has 0 bridgehead atoms. The molecule has 1 aliphatic carbocycles. The van der Waals surface area contributed by atoms with Crippen LogP contribution in [0, 0.1) is 11.3 Å². The second kappa shape index (κ2) is 9.62. The zero-order valence-corrected chi connectivity index (χ0v) is 23.3. The number of anilines is 1. The number of amides is 1. The van der Waals surface area contributed by atoms with Crippen molar-refractivity contribution >= 4 is 56.8 Å². The smallest absolute Gasteiger partial charge is 0.322 e. The van der Waals surface area contributed by atoms with Crippen molar-refractivity contribution in [2.24, 2.45) is 30.4 Å². The summed E-state index contributed by atoms with van der Waals surface area (Å²) in [6, 6.07) is 13.0. The number of nitrogens with one attached hydrogen (secondary N) is 1. The Morgan fingerprint density at radius 1 is 1.11 bits per heavy atom. The predicted octanol–water partition coefficient (Wildman–Crippen LogP) is 6.75. The molecule has 2 aromatic heterocycles. The summed E-state index contributed by atoms with van der Waals surface area (Å²) in [5, 5.41) is 4.38. The number of thiophene rings is 1. The second-order valence-electron chi connectivity index (χ2n) is 10.9. The van der Waals surface area contributed by atoms with Gasteiger partial charge in [0.25, 0.3) is 5.91 Å². The molecule has 192 valence electrons. The first kappa shape index (κ1) is 25.5. The Kier molecular flexibility index (Phi) is 6.62. The Hall–Kier alpha value is -3.16. The van der Waals surface area contributed by atoms with Gasteiger partial charge in [0.2, 0.25) is 0 Å². The van der Waals surface area contributed by atoms with Gasteiger partial charge < -0.3 is 5.32 Å². The molecule has 8 heteroatoms. The van der Waals surface area contributed by atoms with E-state index in [4.69, 9.17) is 16.6 Å². The monoisotopic (exact) mass is 534 g/mol. The molecule has 5 rings (SSSR count). The van der Waals surface area contributed by atoms with Crippen LogP contribution in [0.1, 0.15) is 53.6 Å². The minimum absolute atomic E-state index is 0.0652. The van der Waals surface area contributed by atoms with Gasteiger partial charge in [-0.2, -0.15) is 0 Å². The molecule has 2 aromatic carbocycles. The summed E-state index contributed by atoms with van der Waals surface area (Å²) in [4.78, 5) is 31.9. The van der Waals surface area contributed by atoms with Crippen LogP contribution in [0.4, 0.5) is 10.7 Å². The topological polar surface area (TPSA) is 68.4 Å². The Morgan fingerprint density at radius 3 is 2.51 bits per heavy atom. The fourth-order valence-corrected chi connectivity index (χ4v) is 6.49. The van der Waals surface area contributed by atoms with E-state index in [-0.39, 0.29) is 17.0 Å². The fraction of sp³-hybridized carbons (Fsp3) is 0.345. The van der Waals surface area contributed by atoms with Crippen LogP contribution in [0.5, 0.6) is 0 Å². The lowest BCUT2D eigenvalue weighted by Crippen LogP contribution is -2.27. The summed E-state index contributed by atoms with van der Waals surface area (Å²) in [5.41, 5.74) is 5.20. The van der Waals surface area contributed by atoms with E-state index in [0.29, 0.717) is 27.2 Å².